The normalized spacial score (nSPS) is 17.7. The fourth-order valence-corrected chi connectivity index (χ4v) is 2.02. The molecule has 1 aliphatic carbocycles. The third-order valence-electron chi connectivity index (χ3n) is 2.66. The molecule has 0 aromatic heterocycles. The van der Waals surface area contributed by atoms with E-state index in [-0.39, 0.29) is 6.10 Å². The van der Waals surface area contributed by atoms with E-state index in [0.717, 1.165) is 4.47 Å². The number of ether oxygens (including phenoxy) is 1. The second-order valence-electron chi connectivity index (χ2n) is 3.97. The lowest BCUT2D eigenvalue weighted by Crippen LogP contribution is -2.14. The molecule has 1 aromatic rings. The molecule has 0 saturated heterocycles. The average Bonchev–Trinajstić information content (AvgIpc) is 3.05. The fraction of sp³-hybridized carbons (Fsp3) is 0.500. The van der Waals surface area contributed by atoms with Gasteiger partial charge in [-0.3, -0.25) is 0 Å². The minimum absolute atomic E-state index is 0.252. The molecule has 0 spiro atoms. The highest BCUT2D eigenvalue weighted by molar-refractivity contribution is 9.10. The number of hydrogen-bond donors (Lipinski definition) is 1. The predicted molar refractivity (Wildman–Crippen MR) is 64.6 cm³/mol. The molecule has 2 nitrogen and oxygen atoms in total. The van der Waals surface area contributed by atoms with Crippen LogP contribution in [0.3, 0.4) is 0 Å². The minimum atomic E-state index is 0.252. The molecule has 0 aliphatic heterocycles. The third kappa shape index (κ3) is 3.03. The molecule has 1 aliphatic rings. The van der Waals surface area contributed by atoms with Gasteiger partial charge in [0.05, 0.1) is 12.7 Å². The summed E-state index contributed by atoms with van der Waals surface area (Å²) in [6.07, 6.45) is 2.82. The van der Waals surface area contributed by atoms with E-state index in [1.807, 2.05) is 0 Å². The molecule has 1 unspecified atom stereocenters. The lowest BCUT2D eigenvalue weighted by molar-refractivity contribution is 0.0424. The summed E-state index contributed by atoms with van der Waals surface area (Å²) in [6, 6.07) is 8.39. The summed E-state index contributed by atoms with van der Waals surface area (Å²) in [6.45, 7) is 1.25. The monoisotopic (exact) mass is 269 g/mol. The highest BCUT2D eigenvalue weighted by atomic mass is 79.9. The van der Waals surface area contributed by atoms with E-state index in [4.69, 9.17) is 10.5 Å². The molecule has 1 saturated carbocycles. The van der Waals surface area contributed by atoms with Crippen molar-refractivity contribution < 1.29 is 4.74 Å². The van der Waals surface area contributed by atoms with E-state index < -0.39 is 0 Å². The standard InChI is InChI=1S/C12H16BrNO/c13-11-5-3-10(4-6-11)12(9-1-2-9)15-8-7-14/h3-6,9,12H,1-2,7-8,14H2. The van der Waals surface area contributed by atoms with Gasteiger partial charge in [0.25, 0.3) is 0 Å². The smallest absolute Gasteiger partial charge is 0.0853 e. The van der Waals surface area contributed by atoms with Crippen LogP contribution in [0.25, 0.3) is 0 Å². The Labute approximate surface area is 98.9 Å². The topological polar surface area (TPSA) is 35.2 Å². The molecule has 0 radical (unpaired) electrons. The van der Waals surface area contributed by atoms with Crippen LogP contribution < -0.4 is 5.73 Å². The highest BCUT2D eigenvalue weighted by Crippen LogP contribution is 2.43. The van der Waals surface area contributed by atoms with Gasteiger partial charge in [0.1, 0.15) is 0 Å². The van der Waals surface area contributed by atoms with Gasteiger partial charge in [-0.15, -0.1) is 0 Å². The number of nitrogens with two attached hydrogens (primary N) is 1. The summed E-state index contributed by atoms with van der Waals surface area (Å²) in [4.78, 5) is 0. The zero-order chi connectivity index (χ0) is 10.7. The van der Waals surface area contributed by atoms with Crippen LogP contribution in [-0.2, 0) is 4.74 Å². The Morgan fingerprint density at radius 2 is 2.00 bits per heavy atom. The predicted octanol–water partition coefficient (Wildman–Crippen LogP) is 2.88. The number of benzene rings is 1. The van der Waals surface area contributed by atoms with Crippen molar-refractivity contribution in [3.05, 3.63) is 34.3 Å². The van der Waals surface area contributed by atoms with Crippen molar-refractivity contribution in [3.8, 4) is 0 Å². The summed E-state index contributed by atoms with van der Waals surface area (Å²) in [5.41, 5.74) is 6.74. The number of halogens is 1. The SMILES string of the molecule is NCCOC(c1ccc(Br)cc1)C1CC1. The van der Waals surface area contributed by atoms with Crippen LogP contribution in [0.5, 0.6) is 0 Å². The van der Waals surface area contributed by atoms with Gasteiger partial charge in [0.2, 0.25) is 0 Å². The maximum absolute atomic E-state index is 5.80. The van der Waals surface area contributed by atoms with Gasteiger partial charge < -0.3 is 10.5 Å². The maximum atomic E-state index is 5.80. The summed E-state index contributed by atoms with van der Waals surface area (Å²) in [7, 11) is 0. The van der Waals surface area contributed by atoms with Gasteiger partial charge in [-0.2, -0.15) is 0 Å². The van der Waals surface area contributed by atoms with E-state index >= 15 is 0 Å². The molecule has 2 rings (SSSR count). The Bertz CT molecular complexity index is 308. The van der Waals surface area contributed by atoms with Gasteiger partial charge >= 0.3 is 0 Å². The van der Waals surface area contributed by atoms with Crippen LogP contribution in [-0.4, -0.2) is 13.2 Å². The first-order valence-corrected chi connectivity index (χ1v) is 6.17. The van der Waals surface area contributed by atoms with Gasteiger partial charge in [0, 0.05) is 11.0 Å². The lowest BCUT2D eigenvalue weighted by atomic mass is 10.1. The molecule has 15 heavy (non-hydrogen) atoms. The van der Waals surface area contributed by atoms with Gasteiger partial charge in [0.15, 0.2) is 0 Å². The molecule has 3 heteroatoms. The van der Waals surface area contributed by atoms with Crippen molar-refractivity contribution >= 4 is 15.9 Å². The summed E-state index contributed by atoms with van der Waals surface area (Å²) in [5.74, 6) is 0.706. The second-order valence-corrected chi connectivity index (χ2v) is 4.88. The molecular formula is C12H16BrNO. The van der Waals surface area contributed by atoms with Gasteiger partial charge in [-0.05, 0) is 36.5 Å². The van der Waals surface area contributed by atoms with E-state index in [1.54, 1.807) is 0 Å². The molecule has 0 amide bonds. The molecular weight excluding hydrogens is 254 g/mol. The molecule has 1 atom stereocenters. The molecule has 1 fully saturated rings. The lowest BCUT2D eigenvalue weighted by Gasteiger charge is -2.17. The largest absolute Gasteiger partial charge is 0.372 e. The van der Waals surface area contributed by atoms with E-state index in [1.165, 1.54) is 18.4 Å². The zero-order valence-electron chi connectivity index (χ0n) is 8.66. The average molecular weight is 270 g/mol. The molecule has 0 heterocycles. The third-order valence-corrected chi connectivity index (χ3v) is 3.19. The van der Waals surface area contributed by atoms with E-state index in [0.29, 0.717) is 19.1 Å². The van der Waals surface area contributed by atoms with E-state index in [2.05, 4.69) is 40.2 Å². The molecule has 2 N–H and O–H groups in total. The van der Waals surface area contributed by atoms with E-state index in [9.17, 15) is 0 Å². The maximum Gasteiger partial charge on any atom is 0.0853 e. The summed E-state index contributed by atoms with van der Waals surface area (Å²) in [5, 5.41) is 0. The Balaban J connectivity index is 2.06. The first-order valence-electron chi connectivity index (χ1n) is 5.38. The molecule has 82 valence electrons. The van der Waals surface area contributed by atoms with Crippen LogP contribution in [0.2, 0.25) is 0 Å². The fourth-order valence-electron chi connectivity index (χ4n) is 1.75. The van der Waals surface area contributed by atoms with Gasteiger partial charge in [-0.25, -0.2) is 0 Å². The Hall–Kier alpha value is -0.380. The Kier molecular flexibility index (Phi) is 3.78. The van der Waals surface area contributed by atoms with Crippen molar-refractivity contribution in [2.75, 3.05) is 13.2 Å². The first kappa shape index (κ1) is 11.1. The van der Waals surface area contributed by atoms with Crippen LogP contribution in [0.4, 0.5) is 0 Å². The first-order chi connectivity index (χ1) is 7.31. The Morgan fingerprint density at radius 1 is 1.33 bits per heavy atom. The summed E-state index contributed by atoms with van der Waals surface area (Å²) >= 11 is 3.44. The number of rotatable bonds is 5. The molecule has 0 bridgehead atoms. The van der Waals surface area contributed by atoms with Crippen molar-refractivity contribution in [3.63, 3.8) is 0 Å². The van der Waals surface area contributed by atoms with Crippen molar-refractivity contribution in [2.45, 2.75) is 18.9 Å². The number of hydrogen-bond acceptors (Lipinski definition) is 2. The highest BCUT2D eigenvalue weighted by Gasteiger charge is 2.32. The Morgan fingerprint density at radius 3 is 2.53 bits per heavy atom. The van der Waals surface area contributed by atoms with Crippen LogP contribution in [0.1, 0.15) is 24.5 Å². The van der Waals surface area contributed by atoms with Crippen molar-refractivity contribution in [1.29, 1.82) is 0 Å². The minimum Gasteiger partial charge on any atom is -0.372 e. The van der Waals surface area contributed by atoms with Crippen LogP contribution in [0.15, 0.2) is 28.7 Å². The van der Waals surface area contributed by atoms with Crippen molar-refractivity contribution in [2.24, 2.45) is 11.7 Å². The second kappa shape index (κ2) is 5.10. The quantitative estimate of drug-likeness (QED) is 0.892. The zero-order valence-corrected chi connectivity index (χ0v) is 10.2. The molecule has 1 aromatic carbocycles. The summed E-state index contributed by atoms with van der Waals surface area (Å²) < 4.78 is 6.91. The van der Waals surface area contributed by atoms with Crippen molar-refractivity contribution in [1.82, 2.24) is 0 Å². The van der Waals surface area contributed by atoms with Gasteiger partial charge in [-0.1, -0.05) is 28.1 Å². The van der Waals surface area contributed by atoms with Crippen LogP contribution in [0, 0.1) is 5.92 Å². The van der Waals surface area contributed by atoms with Crippen LogP contribution >= 0.6 is 15.9 Å².